The van der Waals surface area contributed by atoms with Gasteiger partial charge in [-0.05, 0) is 59.4 Å². The summed E-state index contributed by atoms with van der Waals surface area (Å²) in [6.07, 6.45) is 4.02. The lowest BCUT2D eigenvalue weighted by Gasteiger charge is -2.29. The molecule has 1 heterocycles. The minimum absolute atomic E-state index is 0.0225. The number of hydrogen-bond acceptors (Lipinski definition) is 5. The summed E-state index contributed by atoms with van der Waals surface area (Å²) < 4.78 is 45.3. The summed E-state index contributed by atoms with van der Waals surface area (Å²) in [4.78, 5) is 0.277. The van der Waals surface area contributed by atoms with E-state index in [4.69, 9.17) is 13.7 Å². The molecule has 6 heteroatoms. The van der Waals surface area contributed by atoms with Crippen LogP contribution in [0.2, 0.25) is 0 Å². The first kappa shape index (κ1) is 27.6. The zero-order valence-corrected chi connectivity index (χ0v) is 23.2. The fourth-order valence-corrected chi connectivity index (χ4v) is 6.05. The second-order valence-electron chi connectivity index (χ2n) is 10.2. The van der Waals surface area contributed by atoms with Crippen molar-refractivity contribution in [3.8, 4) is 0 Å². The Hall–Kier alpha value is -1.99. The Bertz CT molecular complexity index is 1140. The Kier molecular flexibility index (Phi) is 8.64. The number of ether oxygens (including phenoxy) is 2. The Morgan fingerprint density at radius 3 is 1.97 bits per heavy atom. The molecule has 0 atom stereocenters. The van der Waals surface area contributed by atoms with Crippen molar-refractivity contribution in [2.45, 2.75) is 83.8 Å². The van der Waals surface area contributed by atoms with Crippen molar-refractivity contribution in [2.75, 3.05) is 19.8 Å². The highest BCUT2D eigenvalue weighted by molar-refractivity contribution is 7.86. The van der Waals surface area contributed by atoms with E-state index in [1.165, 1.54) is 0 Å². The van der Waals surface area contributed by atoms with Crippen molar-refractivity contribution in [3.05, 3.63) is 69.8 Å². The summed E-state index contributed by atoms with van der Waals surface area (Å²) in [5, 5.41) is 0. The summed E-state index contributed by atoms with van der Waals surface area (Å²) in [6, 6.07) is 9.91. The molecule has 3 rings (SSSR count). The molecule has 0 saturated carbocycles. The molecule has 0 spiro atoms. The molecular formula is C29H40O5S. The van der Waals surface area contributed by atoms with E-state index in [9.17, 15) is 8.42 Å². The van der Waals surface area contributed by atoms with Crippen LogP contribution in [-0.2, 0) is 29.6 Å². The van der Waals surface area contributed by atoms with Gasteiger partial charge in [0.15, 0.2) is 0 Å². The third kappa shape index (κ3) is 5.88. The van der Waals surface area contributed by atoms with Crippen LogP contribution in [0.5, 0.6) is 0 Å². The van der Waals surface area contributed by atoms with Crippen molar-refractivity contribution in [1.82, 2.24) is 0 Å². The first-order valence-electron chi connectivity index (χ1n) is 12.5. The molecule has 0 bridgehead atoms. The van der Waals surface area contributed by atoms with Gasteiger partial charge in [0.1, 0.15) is 11.5 Å². The van der Waals surface area contributed by atoms with Crippen LogP contribution in [0.3, 0.4) is 0 Å². The van der Waals surface area contributed by atoms with Crippen LogP contribution in [0.4, 0.5) is 0 Å². The van der Waals surface area contributed by atoms with E-state index in [1.54, 1.807) is 0 Å². The van der Waals surface area contributed by atoms with E-state index in [-0.39, 0.29) is 23.3 Å². The second-order valence-corrected chi connectivity index (χ2v) is 11.8. The van der Waals surface area contributed by atoms with E-state index >= 15 is 0 Å². The topological polar surface area (TPSA) is 61.8 Å². The maximum absolute atomic E-state index is 13.8. The van der Waals surface area contributed by atoms with Crippen molar-refractivity contribution < 1.29 is 22.1 Å². The highest BCUT2D eigenvalue weighted by atomic mass is 32.2. The predicted molar refractivity (Wildman–Crippen MR) is 141 cm³/mol. The summed E-state index contributed by atoms with van der Waals surface area (Å²) in [5.74, 6) is -0.927. The SMILES string of the molecule is CC=Cc1ccc(C2(COS(=O)(=O)c3c(C(C)C)cc(C(C)C)cc3C(C)C)OCCO2)cc1C. The Morgan fingerprint density at radius 1 is 0.943 bits per heavy atom. The minimum Gasteiger partial charge on any atom is -0.342 e. The highest BCUT2D eigenvalue weighted by Gasteiger charge is 2.42. The molecule has 1 fully saturated rings. The quantitative estimate of drug-likeness (QED) is 0.347. The molecule has 0 N–H and O–H groups in total. The lowest BCUT2D eigenvalue weighted by atomic mass is 9.89. The number of rotatable bonds is 9. The van der Waals surface area contributed by atoms with Gasteiger partial charge in [-0.25, -0.2) is 0 Å². The molecule has 192 valence electrons. The first-order valence-corrected chi connectivity index (χ1v) is 13.9. The van der Waals surface area contributed by atoms with E-state index in [2.05, 4.69) is 13.8 Å². The normalized spacial score (nSPS) is 16.3. The van der Waals surface area contributed by atoms with E-state index in [0.29, 0.717) is 19.1 Å². The smallest absolute Gasteiger partial charge is 0.297 e. The van der Waals surface area contributed by atoms with Gasteiger partial charge in [0.05, 0.1) is 13.2 Å². The molecule has 0 aromatic heterocycles. The average molecular weight is 501 g/mol. The van der Waals surface area contributed by atoms with Crippen LogP contribution in [0.25, 0.3) is 6.08 Å². The van der Waals surface area contributed by atoms with Crippen molar-refractivity contribution >= 4 is 16.2 Å². The van der Waals surface area contributed by atoms with Gasteiger partial charge in [-0.3, -0.25) is 4.18 Å². The fraction of sp³-hybridized carbons (Fsp3) is 0.517. The number of hydrogen-bond donors (Lipinski definition) is 0. The van der Waals surface area contributed by atoms with Gasteiger partial charge in [0, 0.05) is 5.56 Å². The zero-order valence-electron chi connectivity index (χ0n) is 22.3. The number of allylic oxidation sites excluding steroid dienone is 1. The van der Waals surface area contributed by atoms with Crippen molar-refractivity contribution in [1.29, 1.82) is 0 Å². The van der Waals surface area contributed by atoms with Gasteiger partial charge in [-0.1, -0.05) is 84.0 Å². The number of benzene rings is 2. The number of aryl methyl sites for hydroxylation is 1. The van der Waals surface area contributed by atoms with E-state index < -0.39 is 15.9 Å². The lowest BCUT2D eigenvalue weighted by molar-refractivity contribution is -0.185. The highest BCUT2D eigenvalue weighted by Crippen LogP contribution is 2.38. The monoisotopic (exact) mass is 500 g/mol. The Morgan fingerprint density at radius 2 is 1.51 bits per heavy atom. The summed E-state index contributed by atoms with van der Waals surface area (Å²) >= 11 is 0. The minimum atomic E-state index is -4.09. The van der Waals surface area contributed by atoms with E-state index in [1.807, 2.05) is 84.0 Å². The molecule has 1 saturated heterocycles. The van der Waals surface area contributed by atoms with Crippen LogP contribution in [0.15, 0.2) is 41.3 Å². The summed E-state index contributed by atoms with van der Waals surface area (Å²) in [7, 11) is -4.09. The van der Waals surface area contributed by atoms with Gasteiger partial charge >= 0.3 is 0 Å². The third-order valence-electron chi connectivity index (χ3n) is 6.54. The standard InChI is InChI=1S/C29H40O5S/c1-9-10-23-11-12-25(15-22(23)8)29(32-13-14-33-29)18-34-35(30,31)28-26(20(4)5)16-24(19(2)3)17-27(28)21(6)7/h9-12,15-17,19-21H,13-14,18H2,1-8H3. The molecule has 0 aliphatic carbocycles. The van der Waals surface area contributed by atoms with Crippen LogP contribution in [-0.4, -0.2) is 28.2 Å². The lowest BCUT2D eigenvalue weighted by Crippen LogP contribution is -2.34. The average Bonchev–Trinajstić information content (AvgIpc) is 3.28. The van der Waals surface area contributed by atoms with Gasteiger partial charge < -0.3 is 9.47 Å². The zero-order chi connectivity index (χ0) is 26.0. The fourth-order valence-electron chi connectivity index (χ4n) is 4.46. The predicted octanol–water partition coefficient (Wildman–Crippen LogP) is 7.00. The molecule has 2 aromatic carbocycles. The molecule has 35 heavy (non-hydrogen) atoms. The largest absolute Gasteiger partial charge is 0.342 e. The van der Waals surface area contributed by atoms with Crippen LogP contribution in [0, 0.1) is 6.92 Å². The third-order valence-corrected chi connectivity index (χ3v) is 7.94. The van der Waals surface area contributed by atoms with Gasteiger partial charge in [-0.2, -0.15) is 8.42 Å². The second kappa shape index (κ2) is 11.0. The first-order chi connectivity index (χ1) is 16.4. The summed E-state index contributed by atoms with van der Waals surface area (Å²) in [5.41, 5.74) is 5.59. The van der Waals surface area contributed by atoms with Crippen LogP contribution in [0.1, 0.15) is 99.6 Å². The van der Waals surface area contributed by atoms with Crippen LogP contribution >= 0.6 is 0 Å². The molecule has 2 aromatic rings. The molecule has 0 unspecified atom stereocenters. The van der Waals surface area contributed by atoms with Gasteiger partial charge in [0.25, 0.3) is 10.1 Å². The van der Waals surface area contributed by atoms with Crippen molar-refractivity contribution in [2.24, 2.45) is 0 Å². The summed E-state index contributed by atoms with van der Waals surface area (Å²) in [6.45, 7) is 16.8. The molecular weight excluding hydrogens is 460 g/mol. The Balaban J connectivity index is 2.03. The maximum atomic E-state index is 13.8. The molecule has 0 radical (unpaired) electrons. The van der Waals surface area contributed by atoms with Crippen LogP contribution < -0.4 is 0 Å². The Labute approximate surface area is 211 Å². The molecule has 5 nitrogen and oxygen atoms in total. The van der Waals surface area contributed by atoms with Gasteiger partial charge in [0.2, 0.25) is 5.79 Å². The molecule has 1 aliphatic heterocycles. The molecule has 0 amide bonds. The van der Waals surface area contributed by atoms with Gasteiger partial charge in [-0.15, -0.1) is 0 Å². The molecule has 1 aliphatic rings. The van der Waals surface area contributed by atoms with Crippen molar-refractivity contribution in [3.63, 3.8) is 0 Å². The maximum Gasteiger partial charge on any atom is 0.297 e. The van der Waals surface area contributed by atoms with E-state index in [0.717, 1.165) is 33.4 Å².